The number of fused-ring (bicyclic) bond motifs is 1. The predicted molar refractivity (Wildman–Crippen MR) is 36.7 cm³/mol. The molecule has 0 aromatic carbocycles. The van der Waals surface area contributed by atoms with Crippen molar-refractivity contribution in [1.82, 2.24) is 19.9 Å². The molecule has 0 spiro atoms. The number of nitrogens with one attached hydrogen (secondary N) is 1. The zero-order valence-electron chi connectivity index (χ0n) is 4.87. The summed E-state index contributed by atoms with van der Waals surface area (Å²) in [6.45, 7) is 0. The maximum Gasteiger partial charge on any atom is 0.203 e. The van der Waals surface area contributed by atoms with Crippen molar-refractivity contribution in [2.75, 3.05) is 0 Å². The number of aromatic amines is 1. The molecule has 0 fully saturated rings. The first-order chi connectivity index (χ1) is 4.86. The minimum atomic E-state index is 0.321. The summed E-state index contributed by atoms with van der Waals surface area (Å²) in [6, 6.07) is 0. The third-order valence-corrected chi connectivity index (χ3v) is 1.28. The lowest BCUT2D eigenvalue weighted by atomic mass is 10.7. The summed E-state index contributed by atoms with van der Waals surface area (Å²) in [5, 5.41) is 0.321. The van der Waals surface area contributed by atoms with Crippen LogP contribution in [0.3, 0.4) is 0 Å². The molecule has 2 aromatic heterocycles. The number of H-pyrrole nitrogens is 1. The number of rotatable bonds is 0. The van der Waals surface area contributed by atoms with E-state index in [1.54, 1.807) is 12.4 Å². The highest BCUT2D eigenvalue weighted by Crippen LogP contribution is 2.07. The Balaban J connectivity index is 2.88. The van der Waals surface area contributed by atoms with Gasteiger partial charge >= 0.3 is 0 Å². The summed E-state index contributed by atoms with van der Waals surface area (Å²) in [6.07, 6.45) is 3.15. The topological polar surface area (TPSA) is 54.5 Å². The van der Waals surface area contributed by atoms with Gasteiger partial charge < -0.3 is 4.98 Å². The van der Waals surface area contributed by atoms with Gasteiger partial charge in [-0.2, -0.15) is 4.98 Å². The maximum absolute atomic E-state index is 5.54. The van der Waals surface area contributed by atoms with Gasteiger partial charge in [-0.3, -0.25) is 0 Å². The summed E-state index contributed by atoms with van der Waals surface area (Å²) in [7, 11) is 0. The fourth-order valence-electron chi connectivity index (χ4n) is 0.719. The Morgan fingerprint density at radius 1 is 1.30 bits per heavy atom. The standard InChI is InChI=1S/C5H3ClN4/c6-5-9-3-4(10-5)8-2-1-7-3/h1-2H,(H,7,8,9,10). The number of nitrogens with zero attached hydrogens (tertiary/aromatic N) is 3. The van der Waals surface area contributed by atoms with Gasteiger partial charge in [0.05, 0.1) is 0 Å². The summed E-state index contributed by atoms with van der Waals surface area (Å²) < 4.78 is 0. The molecule has 0 bridgehead atoms. The van der Waals surface area contributed by atoms with Crippen LogP contribution in [0.5, 0.6) is 0 Å². The first kappa shape index (κ1) is 5.61. The number of hydrogen-bond donors (Lipinski definition) is 1. The number of halogens is 1. The Bertz CT molecular complexity index is 322. The van der Waals surface area contributed by atoms with E-state index in [1.807, 2.05) is 0 Å². The fraction of sp³-hybridized carbons (Fsp3) is 0. The second-order valence-corrected chi connectivity index (χ2v) is 2.11. The molecule has 0 unspecified atom stereocenters. The van der Waals surface area contributed by atoms with E-state index >= 15 is 0 Å². The molecule has 0 atom stereocenters. The van der Waals surface area contributed by atoms with Gasteiger partial charge in [-0.25, -0.2) is 9.97 Å². The molecule has 2 rings (SSSR count). The first-order valence-corrected chi connectivity index (χ1v) is 3.06. The van der Waals surface area contributed by atoms with Gasteiger partial charge in [0.25, 0.3) is 0 Å². The van der Waals surface area contributed by atoms with Gasteiger partial charge in [0.15, 0.2) is 11.3 Å². The average Bonchev–Trinajstić information content (AvgIpc) is 2.27. The molecule has 1 N–H and O–H groups in total. The third kappa shape index (κ3) is 0.733. The lowest BCUT2D eigenvalue weighted by Gasteiger charge is -1.79. The van der Waals surface area contributed by atoms with Gasteiger partial charge in [-0.05, 0) is 11.6 Å². The number of aromatic nitrogens is 4. The molecule has 0 saturated carbocycles. The first-order valence-electron chi connectivity index (χ1n) is 2.68. The van der Waals surface area contributed by atoms with Crippen LogP contribution in [0.4, 0.5) is 0 Å². The molecule has 5 heteroatoms. The lowest BCUT2D eigenvalue weighted by Crippen LogP contribution is -1.77. The van der Waals surface area contributed by atoms with Crippen molar-refractivity contribution in [1.29, 1.82) is 0 Å². The normalized spacial score (nSPS) is 10.5. The van der Waals surface area contributed by atoms with E-state index in [0.29, 0.717) is 16.6 Å². The van der Waals surface area contributed by atoms with Crippen molar-refractivity contribution in [3.05, 3.63) is 17.7 Å². The van der Waals surface area contributed by atoms with Crippen LogP contribution in [0.2, 0.25) is 5.28 Å². The molecule has 10 heavy (non-hydrogen) atoms. The molecule has 50 valence electrons. The summed E-state index contributed by atoms with van der Waals surface area (Å²) >= 11 is 5.54. The van der Waals surface area contributed by atoms with Gasteiger partial charge in [0, 0.05) is 12.4 Å². The minimum absolute atomic E-state index is 0.321. The Hall–Kier alpha value is -1.16. The molecular formula is C5H3ClN4. The summed E-state index contributed by atoms with van der Waals surface area (Å²) in [5.41, 5.74) is 1.17. The van der Waals surface area contributed by atoms with Gasteiger partial charge in [-0.1, -0.05) is 0 Å². The maximum atomic E-state index is 5.54. The van der Waals surface area contributed by atoms with Crippen molar-refractivity contribution in [2.45, 2.75) is 0 Å². The van der Waals surface area contributed by atoms with Gasteiger partial charge in [0.1, 0.15) is 0 Å². The number of hydrogen-bond acceptors (Lipinski definition) is 3. The zero-order valence-corrected chi connectivity index (χ0v) is 5.63. The monoisotopic (exact) mass is 154 g/mol. The highest BCUT2D eigenvalue weighted by Gasteiger charge is 1.98. The molecule has 4 nitrogen and oxygen atoms in total. The van der Waals surface area contributed by atoms with Crippen LogP contribution in [0.15, 0.2) is 12.4 Å². The Morgan fingerprint density at radius 2 is 2.10 bits per heavy atom. The quantitative estimate of drug-likeness (QED) is 0.616. The second kappa shape index (κ2) is 1.91. The Morgan fingerprint density at radius 3 is 2.90 bits per heavy atom. The summed E-state index contributed by atoms with van der Waals surface area (Å²) in [4.78, 5) is 14.4. The highest BCUT2D eigenvalue weighted by molar-refractivity contribution is 6.28. The van der Waals surface area contributed by atoms with E-state index in [0.717, 1.165) is 0 Å². The van der Waals surface area contributed by atoms with E-state index in [1.165, 1.54) is 0 Å². The van der Waals surface area contributed by atoms with Crippen LogP contribution in [-0.2, 0) is 0 Å². The van der Waals surface area contributed by atoms with Crippen molar-refractivity contribution in [3.63, 3.8) is 0 Å². The molecule has 2 aromatic rings. The van der Waals surface area contributed by atoms with E-state index in [-0.39, 0.29) is 0 Å². The number of imidazole rings is 1. The molecule has 0 radical (unpaired) electrons. The van der Waals surface area contributed by atoms with Gasteiger partial charge in [0.2, 0.25) is 5.28 Å². The van der Waals surface area contributed by atoms with Crippen molar-refractivity contribution in [2.24, 2.45) is 0 Å². The van der Waals surface area contributed by atoms with Crippen LogP contribution < -0.4 is 0 Å². The van der Waals surface area contributed by atoms with Crippen molar-refractivity contribution >= 4 is 22.9 Å². The third-order valence-electron chi connectivity index (χ3n) is 1.10. The zero-order chi connectivity index (χ0) is 6.97. The van der Waals surface area contributed by atoms with Gasteiger partial charge in [-0.15, -0.1) is 0 Å². The van der Waals surface area contributed by atoms with E-state index in [9.17, 15) is 0 Å². The van der Waals surface area contributed by atoms with E-state index < -0.39 is 0 Å². The highest BCUT2D eigenvalue weighted by atomic mass is 35.5. The van der Waals surface area contributed by atoms with Crippen LogP contribution in [0, 0.1) is 0 Å². The van der Waals surface area contributed by atoms with Crippen LogP contribution in [-0.4, -0.2) is 19.9 Å². The Kier molecular flexibility index (Phi) is 1.07. The van der Waals surface area contributed by atoms with E-state index in [4.69, 9.17) is 11.6 Å². The smallest absolute Gasteiger partial charge is 0.203 e. The second-order valence-electron chi connectivity index (χ2n) is 1.76. The molecule has 0 amide bonds. The predicted octanol–water partition coefficient (Wildman–Crippen LogP) is 1.01. The fourth-order valence-corrected chi connectivity index (χ4v) is 0.889. The largest absolute Gasteiger partial charge is 0.312 e. The summed E-state index contributed by atoms with van der Waals surface area (Å²) in [5.74, 6) is 0. The molecule has 2 heterocycles. The Labute approximate surface area is 61.3 Å². The molecular weight excluding hydrogens is 152 g/mol. The lowest BCUT2D eigenvalue weighted by molar-refractivity contribution is 1.26. The average molecular weight is 155 g/mol. The minimum Gasteiger partial charge on any atom is -0.312 e. The molecule has 0 aliphatic carbocycles. The van der Waals surface area contributed by atoms with Crippen molar-refractivity contribution < 1.29 is 0 Å². The molecule has 0 saturated heterocycles. The molecule has 0 aliphatic rings. The van der Waals surface area contributed by atoms with E-state index in [2.05, 4.69) is 19.9 Å². The van der Waals surface area contributed by atoms with Crippen LogP contribution in [0.1, 0.15) is 0 Å². The SMILES string of the molecule is Clc1nc2nccnc2[nH]1. The molecule has 0 aliphatic heterocycles. The van der Waals surface area contributed by atoms with Crippen LogP contribution >= 0.6 is 11.6 Å². The van der Waals surface area contributed by atoms with Crippen LogP contribution in [0.25, 0.3) is 11.3 Å². The van der Waals surface area contributed by atoms with Crippen molar-refractivity contribution in [3.8, 4) is 0 Å².